The van der Waals surface area contributed by atoms with Crippen LogP contribution in [0.2, 0.25) is 0 Å². The molecule has 3 aliphatic heterocycles. The Morgan fingerprint density at radius 3 is 2.45 bits per heavy atom. The Labute approximate surface area is 232 Å². The van der Waals surface area contributed by atoms with Crippen LogP contribution in [0.4, 0.5) is 9.59 Å². The van der Waals surface area contributed by atoms with E-state index in [9.17, 15) is 22.8 Å². The van der Waals surface area contributed by atoms with E-state index in [1.54, 1.807) is 57.8 Å². The van der Waals surface area contributed by atoms with Gasteiger partial charge in [-0.05, 0) is 51.8 Å². The lowest BCUT2D eigenvalue weighted by atomic mass is 10.0. The van der Waals surface area contributed by atoms with Gasteiger partial charge in [0.15, 0.2) is 0 Å². The molecule has 15 nitrogen and oxygen atoms in total. The van der Waals surface area contributed by atoms with Crippen LogP contribution in [0.25, 0.3) is 0 Å². The number of carbonyl (C=O) groups excluding carboxylic acids is 3. The molecule has 2 saturated heterocycles. The van der Waals surface area contributed by atoms with Gasteiger partial charge in [-0.2, -0.15) is 13.5 Å². The summed E-state index contributed by atoms with van der Waals surface area (Å²) in [6.07, 6.45) is 10.2. The first-order valence-electron chi connectivity index (χ1n) is 12.5. The maximum Gasteiger partial charge on any atom is 0.418 e. The van der Waals surface area contributed by atoms with Gasteiger partial charge in [0.05, 0.1) is 12.6 Å². The predicted molar refractivity (Wildman–Crippen MR) is 140 cm³/mol. The van der Waals surface area contributed by atoms with Crippen LogP contribution in [0, 0.1) is 0 Å². The van der Waals surface area contributed by atoms with Gasteiger partial charge in [-0.1, -0.05) is 6.07 Å². The standard InChI is InChI=1S/C19H29N5O9S.C5H5N/c1-19(2,3)32-18(27)22-8-4-7-21(9-10-22)11-12-31-20-16(25)15-6-5-14-13-23(15)17(26)24(14)33-34(28,29)30;1-2-4-6-5-3-1/h4,8-10,14-15H,5-7,11-13H2,1-3H3,(H,20,25)(H,28,29,30);1-5H/t14-,15+;/m1./s1. The van der Waals surface area contributed by atoms with Crippen molar-refractivity contribution in [1.29, 1.82) is 0 Å². The fraction of sp³-hybridized carbons (Fsp3) is 0.500. The molecular weight excluding hydrogens is 548 g/mol. The lowest BCUT2D eigenvalue weighted by Crippen LogP contribution is -2.50. The summed E-state index contributed by atoms with van der Waals surface area (Å²) in [5.41, 5.74) is 1.70. The molecule has 40 heavy (non-hydrogen) atoms. The minimum absolute atomic E-state index is 0.0888. The molecule has 0 aliphatic carbocycles. The van der Waals surface area contributed by atoms with E-state index in [1.807, 2.05) is 23.1 Å². The molecule has 0 radical (unpaired) electrons. The maximum absolute atomic E-state index is 12.5. The first-order valence-corrected chi connectivity index (χ1v) is 13.8. The van der Waals surface area contributed by atoms with Crippen molar-refractivity contribution in [2.45, 2.75) is 51.3 Å². The van der Waals surface area contributed by atoms with Gasteiger partial charge in [-0.3, -0.25) is 24.1 Å². The summed E-state index contributed by atoms with van der Waals surface area (Å²) in [6.45, 7) is 6.45. The SMILES string of the molecule is CC(C)(C)OC(=O)N1C=CCN(CCONC(=O)[C@@H]2CC[C@@H]3CN2C(=O)N3OS(=O)(=O)O)C=C1.c1ccncc1. The number of piperidine rings is 1. The van der Waals surface area contributed by atoms with Crippen molar-refractivity contribution in [3.63, 3.8) is 0 Å². The van der Waals surface area contributed by atoms with E-state index in [1.165, 1.54) is 9.80 Å². The Bertz CT molecular complexity index is 1160. The summed E-state index contributed by atoms with van der Waals surface area (Å²) in [7, 11) is -4.85. The van der Waals surface area contributed by atoms with Crippen molar-refractivity contribution in [2.75, 3.05) is 26.2 Å². The second-order valence-electron chi connectivity index (χ2n) is 9.91. The number of rotatable bonds is 7. The van der Waals surface area contributed by atoms with E-state index in [2.05, 4.69) is 14.7 Å². The summed E-state index contributed by atoms with van der Waals surface area (Å²) in [5, 5.41) is 0.573. The van der Waals surface area contributed by atoms with Crippen LogP contribution in [-0.4, -0.2) is 99.7 Å². The molecule has 4 rings (SSSR count). The van der Waals surface area contributed by atoms with Gasteiger partial charge in [0.2, 0.25) is 0 Å². The number of hydrogen-bond acceptors (Lipinski definition) is 10. The first-order chi connectivity index (χ1) is 18.8. The lowest BCUT2D eigenvalue weighted by molar-refractivity contribution is -0.139. The largest absolute Gasteiger partial charge is 0.443 e. The molecule has 2 N–H and O–H groups in total. The van der Waals surface area contributed by atoms with Crippen LogP contribution in [0.3, 0.4) is 0 Å². The van der Waals surface area contributed by atoms with Crippen LogP contribution in [0.15, 0.2) is 55.3 Å². The zero-order valence-electron chi connectivity index (χ0n) is 22.5. The molecule has 2 atom stereocenters. The normalized spacial score (nSPS) is 20.6. The minimum Gasteiger partial charge on any atom is -0.443 e. The molecule has 2 bridgehead atoms. The molecular formula is C24H34N6O9S. The molecule has 220 valence electrons. The number of carbonyl (C=O) groups is 3. The van der Waals surface area contributed by atoms with Crippen LogP contribution in [0.1, 0.15) is 33.6 Å². The smallest absolute Gasteiger partial charge is 0.418 e. The highest BCUT2D eigenvalue weighted by atomic mass is 32.3. The third-order valence-electron chi connectivity index (χ3n) is 5.67. The van der Waals surface area contributed by atoms with Gasteiger partial charge in [0, 0.05) is 50.6 Å². The Kier molecular flexibility index (Phi) is 10.4. The Morgan fingerprint density at radius 2 is 1.85 bits per heavy atom. The van der Waals surface area contributed by atoms with Crippen LogP contribution in [0.5, 0.6) is 0 Å². The molecule has 1 aromatic heterocycles. The molecule has 0 spiro atoms. The minimum atomic E-state index is -4.85. The topological polar surface area (TPSA) is 171 Å². The van der Waals surface area contributed by atoms with Crippen molar-refractivity contribution in [2.24, 2.45) is 0 Å². The summed E-state index contributed by atoms with van der Waals surface area (Å²) < 4.78 is 40.4. The fourth-order valence-corrected chi connectivity index (χ4v) is 4.33. The second-order valence-corrected chi connectivity index (χ2v) is 10.9. The molecule has 2 fully saturated rings. The van der Waals surface area contributed by atoms with Crippen LogP contribution in [-0.2, 0) is 29.1 Å². The van der Waals surface area contributed by atoms with Crippen LogP contribution < -0.4 is 5.48 Å². The van der Waals surface area contributed by atoms with Gasteiger partial charge >= 0.3 is 22.5 Å². The Morgan fingerprint density at radius 1 is 1.12 bits per heavy atom. The predicted octanol–water partition coefficient (Wildman–Crippen LogP) is 1.66. The summed E-state index contributed by atoms with van der Waals surface area (Å²) in [6, 6.07) is 3.45. The van der Waals surface area contributed by atoms with Gasteiger partial charge in [0.1, 0.15) is 11.6 Å². The van der Waals surface area contributed by atoms with E-state index in [0.717, 1.165) is 0 Å². The molecule has 4 amide bonds. The third-order valence-corrected chi connectivity index (χ3v) is 6.02. The van der Waals surface area contributed by atoms with Crippen molar-refractivity contribution in [3.05, 3.63) is 55.3 Å². The number of hydrogen-bond donors (Lipinski definition) is 2. The number of amides is 4. The maximum atomic E-state index is 12.5. The highest BCUT2D eigenvalue weighted by Gasteiger charge is 2.49. The lowest BCUT2D eigenvalue weighted by Gasteiger charge is -2.29. The number of pyridine rings is 1. The average Bonchev–Trinajstić information content (AvgIpc) is 3.05. The molecule has 0 aromatic carbocycles. The highest BCUT2D eigenvalue weighted by molar-refractivity contribution is 7.80. The second kappa shape index (κ2) is 13.6. The number of ether oxygens (including phenoxy) is 1. The van der Waals surface area contributed by atoms with Crippen molar-refractivity contribution >= 4 is 28.4 Å². The quantitative estimate of drug-likeness (QED) is 0.272. The monoisotopic (exact) mass is 582 g/mol. The van der Waals surface area contributed by atoms with E-state index in [4.69, 9.17) is 14.1 Å². The molecule has 16 heteroatoms. The van der Waals surface area contributed by atoms with E-state index in [-0.39, 0.29) is 19.6 Å². The summed E-state index contributed by atoms with van der Waals surface area (Å²) in [5.74, 6) is -0.553. The summed E-state index contributed by atoms with van der Waals surface area (Å²) >= 11 is 0. The number of hydroxylamine groups is 3. The zero-order chi connectivity index (χ0) is 29.3. The van der Waals surface area contributed by atoms with Gasteiger partial charge in [0.25, 0.3) is 5.91 Å². The Hall–Kier alpha value is -3.73. The zero-order valence-corrected chi connectivity index (χ0v) is 23.3. The van der Waals surface area contributed by atoms with Crippen molar-refractivity contribution in [1.82, 2.24) is 30.2 Å². The van der Waals surface area contributed by atoms with Gasteiger partial charge in [-0.15, -0.1) is 4.28 Å². The molecule has 3 aliphatic rings. The first kappa shape index (κ1) is 30.8. The van der Waals surface area contributed by atoms with E-state index in [0.29, 0.717) is 24.6 Å². The highest BCUT2D eigenvalue weighted by Crippen LogP contribution is 2.30. The van der Waals surface area contributed by atoms with Crippen molar-refractivity contribution < 1.29 is 41.2 Å². The number of aromatic nitrogens is 1. The molecule has 1 aromatic rings. The number of nitrogens with zero attached hydrogens (tertiary/aromatic N) is 5. The van der Waals surface area contributed by atoms with E-state index >= 15 is 0 Å². The fourth-order valence-electron chi connectivity index (χ4n) is 3.94. The number of urea groups is 1. The average molecular weight is 583 g/mol. The van der Waals surface area contributed by atoms with Gasteiger partial charge in [-0.25, -0.2) is 15.1 Å². The molecule has 4 heterocycles. The number of nitrogens with one attached hydrogen (secondary N) is 1. The molecule has 0 saturated carbocycles. The Balaban J connectivity index is 0.000000649. The summed E-state index contributed by atoms with van der Waals surface area (Å²) in [4.78, 5) is 50.4. The van der Waals surface area contributed by atoms with E-state index < -0.39 is 46.1 Å². The number of fused-ring (bicyclic) bond motifs is 2. The van der Waals surface area contributed by atoms with Crippen LogP contribution >= 0.6 is 0 Å². The third kappa shape index (κ3) is 9.48. The molecule has 0 unspecified atom stereocenters. The van der Waals surface area contributed by atoms with Crippen molar-refractivity contribution in [3.8, 4) is 0 Å². The van der Waals surface area contributed by atoms with Gasteiger partial charge < -0.3 is 14.5 Å².